The topological polar surface area (TPSA) is 66.4 Å². The van der Waals surface area contributed by atoms with Crippen molar-refractivity contribution in [1.29, 1.82) is 0 Å². The summed E-state index contributed by atoms with van der Waals surface area (Å²) in [5.41, 5.74) is -0.392. The average Bonchev–Trinajstić information content (AvgIpc) is 2.91. The lowest BCUT2D eigenvalue weighted by molar-refractivity contribution is -0.140. The number of nitrogens with one attached hydrogen (secondary N) is 1. The number of hydrogen-bond donors (Lipinski definition) is 2. The fraction of sp³-hybridized carbons (Fsp3) is 0.867. The predicted octanol–water partition coefficient (Wildman–Crippen LogP) is 2.29. The molecule has 2 aliphatic carbocycles. The maximum absolute atomic E-state index is 12.1. The Kier molecular flexibility index (Phi) is 3.88. The van der Waals surface area contributed by atoms with Crippen LogP contribution >= 0.6 is 0 Å². The summed E-state index contributed by atoms with van der Waals surface area (Å²) < 4.78 is 0. The third-order valence-corrected chi connectivity index (χ3v) is 5.08. The van der Waals surface area contributed by atoms with Crippen LogP contribution < -0.4 is 5.32 Å². The first-order valence-electron chi connectivity index (χ1n) is 7.34. The molecular weight excluding hydrogens is 242 g/mol. The Bertz CT molecular complexity index is 370. The molecule has 2 atom stereocenters. The van der Waals surface area contributed by atoms with E-state index in [0.29, 0.717) is 12.5 Å². The maximum Gasteiger partial charge on any atom is 0.307 e. The standard InChI is InChI=1S/C15H25NO3/c1-9-4-6-10(7-5-9)8-16-13(17)11-12(14(18)19)15(11,2)3/h9-12H,4-8H2,1-3H3,(H,16,17)(H,18,19). The van der Waals surface area contributed by atoms with Crippen molar-refractivity contribution in [3.63, 3.8) is 0 Å². The smallest absolute Gasteiger partial charge is 0.307 e. The lowest BCUT2D eigenvalue weighted by atomic mass is 9.83. The van der Waals surface area contributed by atoms with Crippen LogP contribution in [0.1, 0.15) is 46.5 Å². The van der Waals surface area contributed by atoms with Gasteiger partial charge in [0.2, 0.25) is 5.91 Å². The van der Waals surface area contributed by atoms with Crippen LogP contribution in [0.25, 0.3) is 0 Å². The van der Waals surface area contributed by atoms with Gasteiger partial charge in [0.1, 0.15) is 0 Å². The highest BCUT2D eigenvalue weighted by Crippen LogP contribution is 2.58. The maximum atomic E-state index is 12.1. The molecule has 19 heavy (non-hydrogen) atoms. The molecule has 0 heterocycles. The Morgan fingerprint density at radius 2 is 1.74 bits per heavy atom. The van der Waals surface area contributed by atoms with Gasteiger partial charge in [-0.2, -0.15) is 0 Å². The third-order valence-electron chi connectivity index (χ3n) is 5.08. The number of carboxylic acids is 1. The molecule has 2 N–H and O–H groups in total. The van der Waals surface area contributed by atoms with Gasteiger partial charge in [-0.3, -0.25) is 9.59 Å². The zero-order chi connectivity index (χ0) is 14.2. The van der Waals surface area contributed by atoms with Gasteiger partial charge in [0.25, 0.3) is 0 Å². The van der Waals surface area contributed by atoms with E-state index in [1.807, 2.05) is 13.8 Å². The summed E-state index contributed by atoms with van der Waals surface area (Å²) in [5.74, 6) is -0.407. The van der Waals surface area contributed by atoms with E-state index in [1.165, 1.54) is 25.7 Å². The monoisotopic (exact) mass is 267 g/mol. The average molecular weight is 267 g/mol. The summed E-state index contributed by atoms with van der Waals surface area (Å²) in [6.07, 6.45) is 4.84. The summed E-state index contributed by atoms with van der Waals surface area (Å²) in [6.45, 7) is 6.71. The van der Waals surface area contributed by atoms with E-state index in [9.17, 15) is 9.59 Å². The minimum absolute atomic E-state index is 0.0731. The molecule has 2 saturated carbocycles. The molecule has 108 valence electrons. The molecule has 4 heteroatoms. The summed E-state index contributed by atoms with van der Waals surface area (Å²) in [7, 11) is 0. The molecule has 2 rings (SSSR count). The second-order valence-electron chi connectivity index (χ2n) is 6.99. The van der Waals surface area contributed by atoms with Gasteiger partial charge in [0, 0.05) is 6.54 Å². The predicted molar refractivity (Wildman–Crippen MR) is 72.5 cm³/mol. The van der Waals surface area contributed by atoms with Crippen molar-refractivity contribution >= 4 is 11.9 Å². The number of amides is 1. The van der Waals surface area contributed by atoms with Crippen molar-refractivity contribution < 1.29 is 14.7 Å². The minimum atomic E-state index is -0.850. The highest BCUT2D eigenvalue weighted by atomic mass is 16.4. The number of carboxylic acid groups (broad SMARTS) is 1. The van der Waals surface area contributed by atoms with Crippen LogP contribution in [0.2, 0.25) is 0 Å². The number of carbonyl (C=O) groups excluding carboxylic acids is 1. The van der Waals surface area contributed by atoms with E-state index in [-0.39, 0.29) is 11.8 Å². The number of rotatable bonds is 4. The lowest BCUT2D eigenvalue weighted by Gasteiger charge is -2.26. The summed E-state index contributed by atoms with van der Waals surface area (Å²) in [6, 6.07) is 0. The highest BCUT2D eigenvalue weighted by molar-refractivity contribution is 5.91. The number of carbonyl (C=O) groups is 2. The molecule has 0 radical (unpaired) electrons. The van der Waals surface area contributed by atoms with Crippen molar-refractivity contribution in [3.8, 4) is 0 Å². The molecule has 2 aliphatic rings. The van der Waals surface area contributed by atoms with E-state index < -0.39 is 17.3 Å². The van der Waals surface area contributed by atoms with Crippen LogP contribution in [0, 0.1) is 29.1 Å². The van der Waals surface area contributed by atoms with Gasteiger partial charge in [0.15, 0.2) is 0 Å². The summed E-state index contributed by atoms with van der Waals surface area (Å²) in [5, 5.41) is 12.0. The Morgan fingerprint density at radius 3 is 2.21 bits per heavy atom. The molecule has 4 nitrogen and oxygen atoms in total. The molecule has 0 aliphatic heterocycles. The highest BCUT2D eigenvalue weighted by Gasteiger charge is 2.65. The molecule has 0 spiro atoms. The zero-order valence-electron chi connectivity index (χ0n) is 12.1. The van der Waals surface area contributed by atoms with Crippen LogP contribution in [-0.4, -0.2) is 23.5 Å². The van der Waals surface area contributed by atoms with Crippen LogP contribution in [0.3, 0.4) is 0 Å². The number of aliphatic carboxylic acids is 1. The van der Waals surface area contributed by atoms with E-state index in [4.69, 9.17) is 5.11 Å². The molecule has 0 aromatic rings. The molecule has 0 saturated heterocycles. The van der Waals surface area contributed by atoms with Crippen LogP contribution in [0.15, 0.2) is 0 Å². The normalized spacial score (nSPS) is 36.6. The Hall–Kier alpha value is -1.06. The Morgan fingerprint density at radius 1 is 1.16 bits per heavy atom. The second-order valence-corrected chi connectivity index (χ2v) is 6.99. The largest absolute Gasteiger partial charge is 0.481 e. The van der Waals surface area contributed by atoms with Crippen molar-refractivity contribution in [2.45, 2.75) is 46.5 Å². The van der Waals surface area contributed by atoms with Gasteiger partial charge in [-0.25, -0.2) is 0 Å². The molecule has 0 aromatic carbocycles. The zero-order valence-corrected chi connectivity index (χ0v) is 12.1. The van der Waals surface area contributed by atoms with Crippen molar-refractivity contribution in [1.82, 2.24) is 5.32 Å². The van der Waals surface area contributed by atoms with Gasteiger partial charge in [-0.1, -0.05) is 33.6 Å². The first-order chi connectivity index (χ1) is 8.84. The first-order valence-corrected chi connectivity index (χ1v) is 7.34. The van der Waals surface area contributed by atoms with Gasteiger partial charge >= 0.3 is 5.97 Å². The van der Waals surface area contributed by atoms with E-state index in [2.05, 4.69) is 12.2 Å². The number of hydrogen-bond acceptors (Lipinski definition) is 2. The third kappa shape index (κ3) is 2.93. The van der Waals surface area contributed by atoms with E-state index in [0.717, 1.165) is 5.92 Å². The lowest BCUT2D eigenvalue weighted by Crippen LogP contribution is -2.33. The van der Waals surface area contributed by atoms with Crippen LogP contribution in [0.4, 0.5) is 0 Å². The van der Waals surface area contributed by atoms with Crippen molar-refractivity contribution in [2.75, 3.05) is 6.54 Å². The van der Waals surface area contributed by atoms with Crippen LogP contribution in [0.5, 0.6) is 0 Å². The fourth-order valence-corrected chi connectivity index (χ4v) is 3.48. The summed E-state index contributed by atoms with van der Waals surface area (Å²) >= 11 is 0. The van der Waals surface area contributed by atoms with E-state index in [1.54, 1.807) is 0 Å². The van der Waals surface area contributed by atoms with Crippen molar-refractivity contribution in [3.05, 3.63) is 0 Å². The Balaban J connectivity index is 1.78. The van der Waals surface area contributed by atoms with Crippen LogP contribution in [-0.2, 0) is 9.59 Å². The second kappa shape index (κ2) is 5.14. The molecule has 0 bridgehead atoms. The molecule has 0 aromatic heterocycles. The molecule has 2 fully saturated rings. The molecule has 2 unspecified atom stereocenters. The molecular formula is C15H25NO3. The molecule has 1 amide bonds. The van der Waals surface area contributed by atoms with Gasteiger partial charge < -0.3 is 10.4 Å². The van der Waals surface area contributed by atoms with Gasteiger partial charge in [-0.05, 0) is 30.1 Å². The SMILES string of the molecule is CC1CCC(CNC(=O)C2C(C(=O)O)C2(C)C)CC1. The van der Waals surface area contributed by atoms with Gasteiger partial charge in [-0.15, -0.1) is 0 Å². The summed E-state index contributed by atoms with van der Waals surface area (Å²) in [4.78, 5) is 23.1. The minimum Gasteiger partial charge on any atom is -0.481 e. The Labute approximate surface area is 115 Å². The van der Waals surface area contributed by atoms with Gasteiger partial charge in [0.05, 0.1) is 11.8 Å². The first kappa shape index (κ1) is 14.4. The fourth-order valence-electron chi connectivity index (χ4n) is 3.48. The van der Waals surface area contributed by atoms with E-state index >= 15 is 0 Å². The quantitative estimate of drug-likeness (QED) is 0.821. The van der Waals surface area contributed by atoms with Crippen molar-refractivity contribution in [2.24, 2.45) is 29.1 Å².